The minimum Gasteiger partial charge on any atom is -0.550 e. The zero-order valence-electron chi connectivity index (χ0n) is 10.3. The van der Waals surface area contributed by atoms with Crippen LogP contribution in [0.2, 0.25) is 0 Å². The summed E-state index contributed by atoms with van der Waals surface area (Å²) in [5.41, 5.74) is 1.93. The first-order valence-corrected chi connectivity index (χ1v) is 5.25. The molecule has 0 N–H and O–H groups in total. The Bertz CT molecular complexity index is 540. The van der Waals surface area contributed by atoms with Gasteiger partial charge in [-0.1, -0.05) is 29.4 Å². The number of carboxylic acid groups (broad SMARTS) is 1. The third-order valence-electron chi connectivity index (χ3n) is 2.40. The predicted octanol–water partition coefficient (Wildman–Crippen LogP) is -2.27. The maximum Gasteiger partial charge on any atom is 1.00 e. The van der Waals surface area contributed by atoms with Crippen LogP contribution in [0.3, 0.4) is 0 Å². The first kappa shape index (κ1) is 14.9. The Labute approximate surface area is 127 Å². The van der Waals surface area contributed by atoms with Crippen molar-refractivity contribution in [3.8, 4) is 11.4 Å². The van der Waals surface area contributed by atoms with Crippen LogP contribution in [0.15, 0.2) is 28.8 Å². The Balaban J connectivity index is 0.00000162. The van der Waals surface area contributed by atoms with Gasteiger partial charge < -0.3 is 14.4 Å². The summed E-state index contributed by atoms with van der Waals surface area (Å²) in [6.07, 6.45) is 0.0800. The average molecular weight is 254 g/mol. The van der Waals surface area contributed by atoms with Gasteiger partial charge in [-0.25, -0.2) is 0 Å². The molecule has 0 spiro atoms. The van der Waals surface area contributed by atoms with Gasteiger partial charge in [0.05, 0.1) is 0 Å². The minimum atomic E-state index is -1.12. The minimum absolute atomic E-state index is 0. The number of hydrogen-bond acceptors (Lipinski definition) is 5. The van der Waals surface area contributed by atoms with Crippen LogP contribution >= 0.6 is 0 Å². The molecule has 0 bridgehead atoms. The average Bonchev–Trinajstić information content (AvgIpc) is 2.75. The standard InChI is InChI=1S/C12H12N2O3.Na/c1-8-4-2-3-5-9(8)12-13-10(17-14-12)6-7-11(15)16;/h2-5H,6-7H2,1H3,(H,15,16);/q;+1/p-1. The molecule has 18 heavy (non-hydrogen) atoms. The summed E-state index contributed by atoms with van der Waals surface area (Å²) in [4.78, 5) is 14.4. The Kier molecular flexibility index (Phi) is 5.53. The van der Waals surface area contributed by atoms with E-state index in [1.807, 2.05) is 31.2 Å². The number of benzene rings is 1. The van der Waals surface area contributed by atoms with Crippen molar-refractivity contribution < 1.29 is 44.0 Å². The molecule has 0 aliphatic rings. The molecule has 5 nitrogen and oxygen atoms in total. The normalized spacial score (nSPS) is 9.83. The first-order valence-electron chi connectivity index (χ1n) is 5.25. The fourth-order valence-electron chi connectivity index (χ4n) is 1.50. The molecular formula is C12H11N2NaO3. The SMILES string of the molecule is Cc1ccccc1-c1noc(CCC(=O)[O-])n1.[Na+]. The number of aryl methyl sites for hydroxylation is 2. The zero-order valence-corrected chi connectivity index (χ0v) is 12.3. The van der Waals surface area contributed by atoms with E-state index in [4.69, 9.17) is 4.52 Å². The Morgan fingerprint density at radius 2 is 2.11 bits per heavy atom. The number of hydrogen-bond donors (Lipinski definition) is 0. The van der Waals surface area contributed by atoms with Gasteiger partial charge in [0.2, 0.25) is 11.7 Å². The van der Waals surface area contributed by atoms with Crippen molar-refractivity contribution in [2.24, 2.45) is 0 Å². The molecule has 88 valence electrons. The maximum absolute atomic E-state index is 10.3. The molecule has 0 amide bonds. The van der Waals surface area contributed by atoms with Crippen molar-refractivity contribution in [3.05, 3.63) is 35.7 Å². The molecule has 2 aromatic rings. The van der Waals surface area contributed by atoms with Crippen LogP contribution < -0.4 is 34.7 Å². The van der Waals surface area contributed by atoms with Crippen molar-refractivity contribution >= 4 is 5.97 Å². The molecular weight excluding hydrogens is 243 g/mol. The number of rotatable bonds is 4. The molecule has 0 atom stereocenters. The van der Waals surface area contributed by atoms with Gasteiger partial charge in [-0.3, -0.25) is 0 Å². The summed E-state index contributed by atoms with van der Waals surface area (Å²) in [7, 11) is 0. The van der Waals surface area contributed by atoms with E-state index >= 15 is 0 Å². The third-order valence-corrected chi connectivity index (χ3v) is 2.40. The van der Waals surface area contributed by atoms with Crippen LogP contribution in [0.4, 0.5) is 0 Å². The summed E-state index contributed by atoms with van der Waals surface area (Å²) in [5, 5.41) is 14.1. The van der Waals surface area contributed by atoms with Gasteiger partial charge in [-0.15, -0.1) is 0 Å². The summed E-state index contributed by atoms with van der Waals surface area (Å²) < 4.78 is 4.97. The quantitative estimate of drug-likeness (QED) is 0.575. The monoisotopic (exact) mass is 254 g/mol. The molecule has 0 aliphatic heterocycles. The van der Waals surface area contributed by atoms with Crippen molar-refractivity contribution in [2.75, 3.05) is 0 Å². The summed E-state index contributed by atoms with van der Waals surface area (Å²) in [6, 6.07) is 7.66. The van der Waals surface area contributed by atoms with Crippen LogP contribution in [-0.2, 0) is 11.2 Å². The van der Waals surface area contributed by atoms with Crippen molar-refractivity contribution in [2.45, 2.75) is 19.8 Å². The number of aromatic nitrogens is 2. The van der Waals surface area contributed by atoms with Crippen LogP contribution in [0.25, 0.3) is 11.4 Å². The van der Waals surface area contributed by atoms with Gasteiger partial charge in [0.15, 0.2) is 0 Å². The molecule has 1 aromatic carbocycles. The van der Waals surface area contributed by atoms with Gasteiger partial charge >= 0.3 is 29.6 Å². The van der Waals surface area contributed by atoms with Crippen molar-refractivity contribution in [1.29, 1.82) is 0 Å². The zero-order chi connectivity index (χ0) is 12.3. The third kappa shape index (κ3) is 3.66. The molecule has 1 heterocycles. The fraction of sp³-hybridized carbons (Fsp3) is 0.250. The molecule has 0 fully saturated rings. The topological polar surface area (TPSA) is 79.0 Å². The number of carbonyl (C=O) groups is 1. The summed E-state index contributed by atoms with van der Waals surface area (Å²) >= 11 is 0. The smallest absolute Gasteiger partial charge is 0.550 e. The van der Waals surface area contributed by atoms with Crippen LogP contribution in [0.5, 0.6) is 0 Å². The number of carboxylic acids is 1. The molecule has 0 unspecified atom stereocenters. The van der Waals surface area contributed by atoms with E-state index in [0.717, 1.165) is 11.1 Å². The largest absolute Gasteiger partial charge is 1.00 e. The Hall–Kier alpha value is -1.17. The molecule has 0 saturated carbocycles. The Morgan fingerprint density at radius 3 is 2.78 bits per heavy atom. The van der Waals surface area contributed by atoms with E-state index in [9.17, 15) is 9.90 Å². The Morgan fingerprint density at radius 1 is 1.39 bits per heavy atom. The maximum atomic E-state index is 10.3. The second kappa shape index (κ2) is 6.68. The number of nitrogens with zero attached hydrogens (tertiary/aromatic N) is 2. The van der Waals surface area contributed by atoms with Gasteiger partial charge in [0, 0.05) is 18.0 Å². The van der Waals surface area contributed by atoms with E-state index < -0.39 is 5.97 Å². The predicted molar refractivity (Wildman–Crippen MR) is 57.8 cm³/mol. The van der Waals surface area contributed by atoms with E-state index in [0.29, 0.717) is 11.7 Å². The second-order valence-corrected chi connectivity index (χ2v) is 3.70. The molecule has 1 aromatic heterocycles. The van der Waals surface area contributed by atoms with Gasteiger partial charge in [-0.05, 0) is 18.9 Å². The van der Waals surface area contributed by atoms with Crippen molar-refractivity contribution in [3.63, 3.8) is 0 Å². The molecule has 6 heteroatoms. The van der Waals surface area contributed by atoms with E-state index in [1.165, 1.54) is 0 Å². The summed E-state index contributed by atoms with van der Waals surface area (Å²) in [6.45, 7) is 1.95. The van der Waals surface area contributed by atoms with Crippen LogP contribution in [0, 0.1) is 6.92 Å². The molecule has 0 radical (unpaired) electrons. The van der Waals surface area contributed by atoms with Gasteiger partial charge in [0.1, 0.15) is 0 Å². The van der Waals surface area contributed by atoms with Gasteiger partial charge in [-0.2, -0.15) is 4.98 Å². The molecule has 0 saturated heterocycles. The van der Waals surface area contributed by atoms with Crippen LogP contribution in [-0.4, -0.2) is 16.1 Å². The van der Waals surface area contributed by atoms with Crippen LogP contribution in [0.1, 0.15) is 17.9 Å². The van der Waals surface area contributed by atoms with Gasteiger partial charge in [0.25, 0.3) is 0 Å². The van der Waals surface area contributed by atoms with E-state index in [-0.39, 0.29) is 42.4 Å². The molecule has 0 aliphatic carbocycles. The van der Waals surface area contributed by atoms with E-state index in [2.05, 4.69) is 10.1 Å². The molecule has 2 rings (SSSR count). The van der Waals surface area contributed by atoms with E-state index in [1.54, 1.807) is 0 Å². The second-order valence-electron chi connectivity index (χ2n) is 3.70. The number of carbonyl (C=O) groups excluding carboxylic acids is 1. The first-order chi connectivity index (χ1) is 8.16. The fourth-order valence-corrected chi connectivity index (χ4v) is 1.50. The van der Waals surface area contributed by atoms with Crippen molar-refractivity contribution in [1.82, 2.24) is 10.1 Å². The summed E-state index contributed by atoms with van der Waals surface area (Å²) in [5.74, 6) is -0.329. The number of aliphatic carboxylic acids is 1.